The Bertz CT molecular complexity index is 699. The van der Waals surface area contributed by atoms with E-state index in [0.29, 0.717) is 0 Å². The second kappa shape index (κ2) is 4.35. The van der Waals surface area contributed by atoms with Gasteiger partial charge in [-0.2, -0.15) is 0 Å². The summed E-state index contributed by atoms with van der Waals surface area (Å²) in [6.07, 6.45) is 0. The van der Waals surface area contributed by atoms with Crippen molar-refractivity contribution in [2.24, 2.45) is 0 Å². The summed E-state index contributed by atoms with van der Waals surface area (Å²) >= 11 is 1.91. The van der Waals surface area contributed by atoms with Crippen molar-refractivity contribution in [2.45, 2.75) is 11.4 Å². The van der Waals surface area contributed by atoms with Gasteiger partial charge in [-0.1, -0.05) is 30.3 Å². The van der Waals surface area contributed by atoms with Gasteiger partial charge in [0.05, 0.1) is 18.1 Å². The molecule has 0 bridgehead atoms. The molecule has 1 aromatic heterocycles. The molecule has 0 radical (unpaired) electrons. The van der Waals surface area contributed by atoms with E-state index in [2.05, 4.69) is 64.5 Å². The summed E-state index contributed by atoms with van der Waals surface area (Å²) < 4.78 is 0. The molecular formula is C16H14N2S. The molecule has 0 aliphatic carbocycles. The molecule has 4 rings (SSSR count). The highest BCUT2D eigenvalue weighted by molar-refractivity contribution is 7.99. The number of rotatable bonds is 2. The Balaban J connectivity index is 1.65. The van der Waals surface area contributed by atoms with Gasteiger partial charge in [0.2, 0.25) is 0 Å². The summed E-state index contributed by atoms with van der Waals surface area (Å²) in [7, 11) is 0. The van der Waals surface area contributed by atoms with Gasteiger partial charge in [-0.3, -0.25) is 0 Å². The fourth-order valence-corrected chi connectivity index (χ4v) is 3.66. The van der Waals surface area contributed by atoms with Gasteiger partial charge in [-0.25, -0.2) is 0 Å². The maximum absolute atomic E-state index is 3.50. The van der Waals surface area contributed by atoms with Crippen molar-refractivity contribution in [2.75, 3.05) is 10.8 Å². The van der Waals surface area contributed by atoms with Gasteiger partial charge in [0, 0.05) is 16.1 Å². The fraction of sp³-hybridized carbons (Fsp3) is 0.125. The normalized spacial score (nSPS) is 14.0. The molecular weight excluding hydrogens is 252 g/mol. The molecule has 19 heavy (non-hydrogen) atoms. The average molecular weight is 266 g/mol. The number of nitrogens with zero attached hydrogens (tertiary/aromatic N) is 1. The van der Waals surface area contributed by atoms with E-state index < -0.39 is 0 Å². The number of nitrogens with one attached hydrogen (secondary N) is 1. The van der Waals surface area contributed by atoms with E-state index in [1.165, 1.54) is 27.2 Å². The lowest BCUT2D eigenvalue weighted by atomic mass is 10.2. The third-order valence-electron chi connectivity index (χ3n) is 3.53. The minimum absolute atomic E-state index is 0.943. The second-order valence-corrected chi connectivity index (χ2v) is 5.81. The second-order valence-electron chi connectivity index (χ2n) is 4.82. The van der Waals surface area contributed by atoms with Crippen molar-refractivity contribution in [3.05, 3.63) is 60.3 Å². The van der Waals surface area contributed by atoms with Crippen LogP contribution in [0.2, 0.25) is 0 Å². The van der Waals surface area contributed by atoms with Crippen LogP contribution in [0.1, 0.15) is 5.69 Å². The number of aromatic nitrogens is 1. The zero-order valence-corrected chi connectivity index (χ0v) is 11.3. The van der Waals surface area contributed by atoms with Crippen LogP contribution in [0.25, 0.3) is 10.9 Å². The van der Waals surface area contributed by atoms with Crippen LogP contribution in [-0.2, 0) is 6.54 Å². The summed E-state index contributed by atoms with van der Waals surface area (Å²) in [6.45, 7) is 0.943. The van der Waals surface area contributed by atoms with Gasteiger partial charge < -0.3 is 9.88 Å². The van der Waals surface area contributed by atoms with Gasteiger partial charge >= 0.3 is 0 Å². The smallest absolute Gasteiger partial charge is 0.0691 e. The highest BCUT2D eigenvalue weighted by Gasteiger charge is 2.19. The summed E-state index contributed by atoms with van der Waals surface area (Å²) in [4.78, 5) is 7.31. The number of benzene rings is 2. The van der Waals surface area contributed by atoms with Gasteiger partial charge in [-0.15, -0.1) is 11.8 Å². The van der Waals surface area contributed by atoms with Gasteiger partial charge in [0.25, 0.3) is 0 Å². The van der Waals surface area contributed by atoms with E-state index in [4.69, 9.17) is 0 Å². The topological polar surface area (TPSA) is 19.0 Å². The standard InChI is InChI=1S/C16H14N2S/c1-2-6-14-12(5-1)9-13(17-14)10-18-11-19-16-8-4-3-7-15(16)18/h1-9,17H,10-11H2. The van der Waals surface area contributed by atoms with Crippen molar-refractivity contribution < 1.29 is 0 Å². The molecule has 94 valence electrons. The minimum Gasteiger partial charge on any atom is -0.357 e. The SMILES string of the molecule is c1ccc2c(c1)SCN2Cc1cc2ccccc2[nH]1. The Morgan fingerprint density at radius 3 is 2.84 bits per heavy atom. The molecule has 0 amide bonds. The molecule has 3 heteroatoms. The average Bonchev–Trinajstić information content (AvgIpc) is 3.03. The third-order valence-corrected chi connectivity index (χ3v) is 4.63. The van der Waals surface area contributed by atoms with E-state index in [1.54, 1.807) is 0 Å². The van der Waals surface area contributed by atoms with Crippen LogP contribution in [0.3, 0.4) is 0 Å². The monoisotopic (exact) mass is 266 g/mol. The lowest BCUT2D eigenvalue weighted by Crippen LogP contribution is -2.18. The molecule has 2 heterocycles. The number of aromatic amines is 1. The molecule has 1 aliphatic heterocycles. The minimum atomic E-state index is 0.943. The number of H-pyrrole nitrogens is 1. The molecule has 2 nitrogen and oxygen atoms in total. The zero-order chi connectivity index (χ0) is 12.7. The van der Waals surface area contributed by atoms with Crippen LogP contribution in [0.5, 0.6) is 0 Å². The van der Waals surface area contributed by atoms with Gasteiger partial charge in [-0.05, 0) is 29.7 Å². The summed E-state index contributed by atoms with van der Waals surface area (Å²) in [5.41, 5.74) is 3.85. The Labute approximate surface area is 116 Å². The maximum Gasteiger partial charge on any atom is 0.0691 e. The largest absolute Gasteiger partial charge is 0.357 e. The summed E-state index contributed by atoms with van der Waals surface area (Å²) in [5.74, 6) is 1.04. The lowest BCUT2D eigenvalue weighted by Gasteiger charge is -2.17. The Morgan fingerprint density at radius 1 is 1.05 bits per heavy atom. The van der Waals surface area contributed by atoms with E-state index in [1.807, 2.05) is 11.8 Å². The fourth-order valence-electron chi connectivity index (χ4n) is 2.61. The lowest BCUT2D eigenvalue weighted by molar-refractivity contribution is 0.885. The van der Waals surface area contributed by atoms with E-state index in [9.17, 15) is 0 Å². The molecule has 0 saturated carbocycles. The van der Waals surface area contributed by atoms with Crippen molar-refractivity contribution in [1.82, 2.24) is 4.98 Å². The van der Waals surface area contributed by atoms with Crippen molar-refractivity contribution in [3.8, 4) is 0 Å². The molecule has 0 fully saturated rings. The summed E-state index contributed by atoms with van der Waals surface area (Å²) in [5, 5.41) is 1.29. The predicted molar refractivity (Wildman–Crippen MR) is 81.6 cm³/mol. The van der Waals surface area contributed by atoms with Gasteiger partial charge in [0.1, 0.15) is 0 Å². The van der Waals surface area contributed by atoms with Crippen LogP contribution in [0, 0.1) is 0 Å². The van der Waals surface area contributed by atoms with Gasteiger partial charge in [0.15, 0.2) is 0 Å². The molecule has 1 N–H and O–H groups in total. The quantitative estimate of drug-likeness (QED) is 0.748. The number of fused-ring (bicyclic) bond motifs is 2. The van der Waals surface area contributed by atoms with Crippen LogP contribution < -0.4 is 4.90 Å². The number of para-hydroxylation sites is 2. The first-order valence-corrected chi connectivity index (χ1v) is 7.42. The Kier molecular flexibility index (Phi) is 2.52. The molecule has 0 spiro atoms. The first-order valence-electron chi connectivity index (χ1n) is 6.43. The number of hydrogen-bond acceptors (Lipinski definition) is 2. The molecule has 0 saturated heterocycles. The number of anilines is 1. The third kappa shape index (κ3) is 1.90. The highest BCUT2D eigenvalue weighted by atomic mass is 32.2. The highest BCUT2D eigenvalue weighted by Crippen LogP contribution is 2.38. The van der Waals surface area contributed by atoms with E-state index in [-0.39, 0.29) is 0 Å². The first kappa shape index (κ1) is 11.0. The van der Waals surface area contributed by atoms with Crippen LogP contribution in [0.4, 0.5) is 5.69 Å². The van der Waals surface area contributed by atoms with Crippen LogP contribution in [0.15, 0.2) is 59.5 Å². The maximum atomic E-state index is 3.50. The predicted octanol–water partition coefficient (Wildman–Crippen LogP) is 4.24. The van der Waals surface area contributed by atoms with Crippen LogP contribution in [-0.4, -0.2) is 10.9 Å². The van der Waals surface area contributed by atoms with Crippen molar-refractivity contribution in [3.63, 3.8) is 0 Å². The van der Waals surface area contributed by atoms with Crippen molar-refractivity contribution in [1.29, 1.82) is 0 Å². The van der Waals surface area contributed by atoms with Crippen molar-refractivity contribution >= 4 is 28.4 Å². The van der Waals surface area contributed by atoms with Crippen LogP contribution >= 0.6 is 11.8 Å². The molecule has 3 aromatic rings. The first-order chi connectivity index (χ1) is 9.40. The Hall–Kier alpha value is -1.87. The van der Waals surface area contributed by atoms with E-state index in [0.717, 1.165) is 12.4 Å². The number of hydrogen-bond donors (Lipinski definition) is 1. The molecule has 0 unspecified atom stereocenters. The molecule has 2 aromatic carbocycles. The zero-order valence-electron chi connectivity index (χ0n) is 10.5. The molecule has 0 atom stereocenters. The number of thioether (sulfide) groups is 1. The summed E-state index contributed by atoms with van der Waals surface area (Å²) in [6, 6.07) is 19.3. The molecule has 1 aliphatic rings. The Morgan fingerprint density at radius 2 is 1.89 bits per heavy atom. The van der Waals surface area contributed by atoms with E-state index >= 15 is 0 Å².